The van der Waals surface area contributed by atoms with Gasteiger partial charge in [0.15, 0.2) is 5.69 Å². The molecule has 0 radical (unpaired) electrons. The van der Waals surface area contributed by atoms with Gasteiger partial charge in [-0.1, -0.05) is 0 Å². The number of esters is 1. The van der Waals surface area contributed by atoms with Crippen LogP contribution in [-0.2, 0) is 4.74 Å². The third kappa shape index (κ3) is 2.88. The fraction of sp³-hybridized carbons (Fsp3) is 0.214. The predicted octanol–water partition coefficient (Wildman–Crippen LogP) is 2.33. The van der Waals surface area contributed by atoms with E-state index in [1.807, 2.05) is 12.1 Å². The molecule has 0 aliphatic carbocycles. The number of aromatic nitrogens is 2. The third-order valence-electron chi connectivity index (χ3n) is 2.54. The molecule has 2 aromatic heterocycles. The lowest BCUT2D eigenvalue weighted by Crippen LogP contribution is -2.09. The molecule has 0 saturated heterocycles. The number of hydrogen-bond acceptors (Lipinski definition) is 5. The summed E-state index contributed by atoms with van der Waals surface area (Å²) in [5.74, 6) is -0.0888. The molecule has 0 aromatic carbocycles. The first-order chi connectivity index (χ1) is 9.26. The van der Waals surface area contributed by atoms with Crippen molar-refractivity contribution in [1.82, 2.24) is 9.97 Å². The monoisotopic (exact) mass is 258 g/mol. The number of carbonyl (C=O) groups is 1. The fourth-order valence-corrected chi connectivity index (χ4v) is 1.67. The molecule has 0 unspecified atom stereocenters. The predicted molar refractivity (Wildman–Crippen MR) is 70.0 cm³/mol. The Labute approximate surface area is 111 Å². The lowest BCUT2D eigenvalue weighted by molar-refractivity contribution is 0.0519. The van der Waals surface area contributed by atoms with E-state index in [1.165, 1.54) is 7.11 Å². The van der Waals surface area contributed by atoms with Gasteiger partial charge in [-0.3, -0.25) is 4.98 Å². The summed E-state index contributed by atoms with van der Waals surface area (Å²) in [6.07, 6.45) is 3.32. The van der Waals surface area contributed by atoms with Crippen molar-refractivity contribution in [3.8, 4) is 17.0 Å². The zero-order chi connectivity index (χ0) is 13.7. The zero-order valence-corrected chi connectivity index (χ0v) is 10.8. The summed E-state index contributed by atoms with van der Waals surface area (Å²) in [4.78, 5) is 20.1. The van der Waals surface area contributed by atoms with Crippen molar-refractivity contribution in [3.63, 3.8) is 0 Å². The summed E-state index contributed by atoms with van der Waals surface area (Å²) in [6.45, 7) is 2.05. The van der Waals surface area contributed by atoms with Crippen LogP contribution in [0.1, 0.15) is 17.4 Å². The van der Waals surface area contributed by atoms with Crippen molar-refractivity contribution < 1.29 is 14.3 Å². The second kappa shape index (κ2) is 5.95. The van der Waals surface area contributed by atoms with Crippen LogP contribution >= 0.6 is 0 Å². The Morgan fingerprint density at radius 2 is 1.95 bits per heavy atom. The van der Waals surface area contributed by atoms with Crippen molar-refractivity contribution in [2.24, 2.45) is 0 Å². The van der Waals surface area contributed by atoms with Crippen molar-refractivity contribution in [2.75, 3.05) is 13.7 Å². The fourth-order valence-electron chi connectivity index (χ4n) is 1.67. The van der Waals surface area contributed by atoms with E-state index in [2.05, 4.69) is 9.97 Å². The largest absolute Gasteiger partial charge is 0.481 e. The molecule has 98 valence electrons. The third-order valence-corrected chi connectivity index (χ3v) is 2.54. The van der Waals surface area contributed by atoms with Crippen LogP contribution in [0.2, 0.25) is 0 Å². The van der Waals surface area contributed by atoms with Gasteiger partial charge < -0.3 is 9.47 Å². The van der Waals surface area contributed by atoms with Crippen molar-refractivity contribution in [3.05, 3.63) is 42.4 Å². The molecule has 0 spiro atoms. The summed E-state index contributed by atoms with van der Waals surface area (Å²) in [5, 5.41) is 0. The first-order valence-electron chi connectivity index (χ1n) is 5.88. The van der Waals surface area contributed by atoms with E-state index >= 15 is 0 Å². The van der Waals surface area contributed by atoms with Gasteiger partial charge in [-0.05, 0) is 30.7 Å². The highest BCUT2D eigenvalue weighted by Gasteiger charge is 2.17. The average Bonchev–Trinajstić information content (AvgIpc) is 2.47. The Bertz CT molecular complexity index is 570. The van der Waals surface area contributed by atoms with E-state index in [-0.39, 0.29) is 5.69 Å². The Balaban J connectivity index is 2.51. The molecule has 19 heavy (non-hydrogen) atoms. The minimum absolute atomic E-state index is 0.243. The molecule has 0 amide bonds. The van der Waals surface area contributed by atoms with Crippen molar-refractivity contribution in [2.45, 2.75) is 6.92 Å². The number of nitrogens with zero attached hydrogens (tertiary/aromatic N) is 2. The Hall–Kier alpha value is -2.43. The van der Waals surface area contributed by atoms with Crippen LogP contribution in [0, 0.1) is 0 Å². The normalized spacial score (nSPS) is 10.0. The molecule has 0 N–H and O–H groups in total. The van der Waals surface area contributed by atoms with Crippen LogP contribution in [0.15, 0.2) is 36.7 Å². The Morgan fingerprint density at radius 3 is 2.58 bits per heavy atom. The molecule has 5 nitrogen and oxygen atoms in total. The molecule has 2 heterocycles. The minimum atomic E-state index is -0.465. The molecule has 5 heteroatoms. The summed E-state index contributed by atoms with van der Waals surface area (Å²) < 4.78 is 10.1. The first-order valence-corrected chi connectivity index (χ1v) is 5.88. The standard InChI is InChI=1S/C14H14N2O3/c1-3-19-14(17)13-11(4-5-12(16-13)18-2)10-6-8-15-9-7-10/h4-9H,3H2,1-2H3. The maximum Gasteiger partial charge on any atom is 0.357 e. The van der Waals surface area contributed by atoms with Crippen LogP contribution in [0.5, 0.6) is 5.88 Å². The molecule has 0 aliphatic heterocycles. The van der Waals surface area contributed by atoms with Gasteiger partial charge in [-0.25, -0.2) is 9.78 Å². The van der Waals surface area contributed by atoms with Crippen LogP contribution in [0.4, 0.5) is 0 Å². The number of ether oxygens (including phenoxy) is 2. The first kappa shape index (κ1) is 13.0. The van der Waals surface area contributed by atoms with Gasteiger partial charge in [0, 0.05) is 24.0 Å². The highest BCUT2D eigenvalue weighted by molar-refractivity contribution is 5.95. The molecule has 0 bridgehead atoms. The number of pyridine rings is 2. The van der Waals surface area contributed by atoms with Gasteiger partial charge in [0.05, 0.1) is 13.7 Å². The van der Waals surface area contributed by atoms with Gasteiger partial charge in [0.1, 0.15) is 0 Å². The average molecular weight is 258 g/mol. The summed E-state index contributed by atoms with van der Waals surface area (Å²) >= 11 is 0. The second-order valence-corrected chi connectivity index (χ2v) is 3.71. The van der Waals surface area contributed by atoms with Crippen molar-refractivity contribution in [1.29, 1.82) is 0 Å². The van der Waals surface area contributed by atoms with E-state index in [0.717, 1.165) is 5.56 Å². The zero-order valence-electron chi connectivity index (χ0n) is 10.8. The number of carbonyl (C=O) groups excluding carboxylic acids is 1. The van der Waals surface area contributed by atoms with Gasteiger partial charge in [0.25, 0.3) is 0 Å². The highest BCUT2D eigenvalue weighted by Crippen LogP contribution is 2.24. The number of methoxy groups -OCH3 is 1. The Kier molecular flexibility index (Phi) is 4.07. The minimum Gasteiger partial charge on any atom is -0.481 e. The molecular formula is C14H14N2O3. The quantitative estimate of drug-likeness (QED) is 0.788. The summed E-state index contributed by atoms with van der Waals surface area (Å²) in [6, 6.07) is 7.12. The van der Waals surface area contributed by atoms with Crippen LogP contribution in [0.25, 0.3) is 11.1 Å². The molecule has 0 aliphatic rings. The van der Waals surface area contributed by atoms with E-state index in [1.54, 1.807) is 31.5 Å². The molecule has 2 rings (SSSR count). The SMILES string of the molecule is CCOC(=O)c1nc(OC)ccc1-c1ccncc1. The topological polar surface area (TPSA) is 61.3 Å². The van der Waals surface area contributed by atoms with Gasteiger partial charge in [0.2, 0.25) is 5.88 Å². The summed E-state index contributed by atoms with van der Waals surface area (Å²) in [7, 11) is 1.50. The molecule has 0 saturated carbocycles. The van der Waals surface area contributed by atoms with Crippen LogP contribution in [-0.4, -0.2) is 29.7 Å². The van der Waals surface area contributed by atoms with E-state index < -0.39 is 5.97 Å². The van der Waals surface area contributed by atoms with E-state index in [0.29, 0.717) is 18.1 Å². The maximum atomic E-state index is 12.0. The van der Waals surface area contributed by atoms with Crippen molar-refractivity contribution >= 4 is 5.97 Å². The summed E-state index contributed by atoms with van der Waals surface area (Å²) in [5.41, 5.74) is 1.79. The van der Waals surface area contributed by atoms with Gasteiger partial charge in [-0.15, -0.1) is 0 Å². The highest BCUT2D eigenvalue weighted by atomic mass is 16.5. The Morgan fingerprint density at radius 1 is 1.21 bits per heavy atom. The van der Waals surface area contributed by atoms with E-state index in [9.17, 15) is 4.79 Å². The molecule has 0 fully saturated rings. The van der Waals surface area contributed by atoms with Gasteiger partial charge >= 0.3 is 5.97 Å². The van der Waals surface area contributed by atoms with E-state index in [4.69, 9.17) is 9.47 Å². The molecule has 0 atom stereocenters. The van der Waals surface area contributed by atoms with Crippen LogP contribution < -0.4 is 4.74 Å². The second-order valence-electron chi connectivity index (χ2n) is 3.71. The molecule has 2 aromatic rings. The molecular weight excluding hydrogens is 244 g/mol. The lowest BCUT2D eigenvalue weighted by atomic mass is 10.1. The van der Waals surface area contributed by atoms with Crippen LogP contribution in [0.3, 0.4) is 0 Å². The lowest BCUT2D eigenvalue weighted by Gasteiger charge is -2.09. The van der Waals surface area contributed by atoms with Gasteiger partial charge in [-0.2, -0.15) is 0 Å². The number of rotatable bonds is 4. The maximum absolute atomic E-state index is 12.0. The number of hydrogen-bond donors (Lipinski definition) is 0. The smallest absolute Gasteiger partial charge is 0.357 e.